The second-order valence-corrected chi connectivity index (χ2v) is 3.67. The highest BCUT2D eigenvalue weighted by Gasteiger charge is 2.00. The van der Waals surface area contributed by atoms with Gasteiger partial charge in [0, 0.05) is 6.20 Å². The maximum absolute atomic E-state index is 12.7. The van der Waals surface area contributed by atoms with Crippen LogP contribution >= 0.6 is 22.6 Å². The van der Waals surface area contributed by atoms with Crippen LogP contribution in [0.25, 0.3) is 5.82 Å². The number of nitrogens with zero attached hydrogens (tertiary/aromatic N) is 3. The van der Waals surface area contributed by atoms with E-state index in [0.29, 0.717) is 5.82 Å². The summed E-state index contributed by atoms with van der Waals surface area (Å²) in [6, 6.07) is 4.61. The Kier molecular flexibility index (Phi) is 2.26. The summed E-state index contributed by atoms with van der Waals surface area (Å²) in [7, 11) is 0. The number of halogens is 2. The predicted octanol–water partition coefficient (Wildman–Crippen LogP) is 2.01. The van der Waals surface area contributed by atoms with E-state index in [0.717, 1.165) is 3.57 Å². The van der Waals surface area contributed by atoms with E-state index in [-0.39, 0.29) is 0 Å². The summed E-state index contributed by atoms with van der Waals surface area (Å²) >= 11 is 2.13. The van der Waals surface area contributed by atoms with Crippen molar-refractivity contribution in [2.75, 3.05) is 0 Å². The largest absolute Gasteiger partial charge is 0.221 e. The van der Waals surface area contributed by atoms with Gasteiger partial charge >= 0.3 is 0 Å². The van der Waals surface area contributed by atoms with Crippen molar-refractivity contribution in [1.29, 1.82) is 0 Å². The first-order chi connectivity index (χ1) is 6.25. The van der Waals surface area contributed by atoms with Crippen LogP contribution in [0.2, 0.25) is 0 Å². The van der Waals surface area contributed by atoms with E-state index in [1.54, 1.807) is 24.5 Å². The summed E-state index contributed by atoms with van der Waals surface area (Å²) in [4.78, 5) is 3.69. The van der Waals surface area contributed by atoms with E-state index < -0.39 is 5.95 Å². The zero-order valence-electron chi connectivity index (χ0n) is 6.48. The molecule has 2 rings (SSSR count). The molecule has 0 bridgehead atoms. The van der Waals surface area contributed by atoms with Gasteiger partial charge < -0.3 is 0 Å². The average Bonchev–Trinajstić information content (AvgIpc) is 2.52. The van der Waals surface area contributed by atoms with Gasteiger partial charge in [-0.25, -0.2) is 9.67 Å². The highest BCUT2D eigenvalue weighted by molar-refractivity contribution is 14.1. The third-order valence-electron chi connectivity index (χ3n) is 1.49. The van der Waals surface area contributed by atoms with E-state index >= 15 is 0 Å². The first-order valence-electron chi connectivity index (χ1n) is 3.59. The normalized spacial score (nSPS) is 10.3. The fourth-order valence-corrected chi connectivity index (χ4v) is 1.34. The molecule has 66 valence electrons. The Morgan fingerprint density at radius 1 is 1.38 bits per heavy atom. The molecular formula is C8H5FIN3. The van der Waals surface area contributed by atoms with Gasteiger partial charge in [-0.2, -0.15) is 9.49 Å². The van der Waals surface area contributed by atoms with Gasteiger partial charge in [0.05, 0.1) is 9.77 Å². The number of pyridine rings is 1. The third kappa shape index (κ3) is 1.85. The number of rotatable bonds is 1. The Morgan fingerprint density at radius 3 is 2.85 bits per heavy atom. The van der Waals surface area contributed by atoms with E-state index in [2.05, 4.69) is 32.7 Å². The van der Waals surface area contributed by atoms with E-state index in [9.17, 15) is 4.39 Å². The van der Waals surface area contributed by atoms with Crippen molar-refractivity contribution in [1.82, 2.24) is 14.8 Å². The monoisotopic (exact) mass is 289 g/mol. The SMILES string of the molecule is Fc1cccc(-n2cc(I)cn2)n1. The van der Waals surface area contributed by atoms with Gasteiger partial charge in [0.1, 0.15) is 0 Å². The summed E-state index contributed by atoms with van der Waals surface area (Å²) < 4.78 is 15.2. The van der Waals surface area contributed by atoms with Crippen LogP contribution in [0, 0.1) is 9.52 Å². The minimum absolute atomic E-state index is 0.489. The molecule has 0 N–H and O–H groups in total. The molecule has 0 aromatic carbocycles. The summed E-state index contributed by atoms with van der Waals surface area (Å²) in [5.41, 5.74) is 0. The molecule has 0 aliphatic rings. The Bertz CT molecular complexity index is 427. The molecule has 0 spiro atoms. The van der Waals surface area contributed by atoms with Crippen molar-refractivity contribution in [3.05, 3.63) is 40.1 Å². The van der Waals surface area contributed by atoms with E-state index in [1.165, 1.54) is 10.7 Å². The van der Waals surface area contributed by atoms with Crippen molar-refractivity contribution >= 4 is 22.6 Å². The standard InChI is InChI=1S/C8H5FIN3/c9-7-2-1-3-8(12-7)13-5-6(10)4-11-13/h1-5H. The lowest BCUT2D eigenvalue weighted by molar-refractivity contribution is 0.577. The molecule has 0 radical (unpaired) electrons. The summed E-state index contributed by atoms with van der Waals surface area (Å²) in [5, 5.41) is 4.01. The van der Waals surface area contributed by atoms with E-state index in [4.69, 9.17) is 0 Å². The second-order valence-electron chi connectivity index (χ2n) is 2.42. The van der Waals surface area contributed by atoms with Gasteiger partial charge in [0.25, 0.3) is 0 Å². The smallest absolute Gasteiger partial charge is 0.214 e. The first-order valence-corrected chi connectivity index (χ1v) is 4.67. The van der Waals surface area contributed by atoms with Crippen LogP contribution in [0.15, 0.2) is 30.6 Å². The molecule has 0 fully saturated rings. The maximum Gasteiger partial charge on any atom is 0.214 e. The minimum atomic E-state index is -0.497. The quantitative estimate of drug-likeness (QED) is 0.594. The van der Waals surface area contributed by atoms with Crippen LogP contribution in [-0.2, 0) is 0 Å². The molecular weight excluding hydrogens is 284 g/mol. The average molecular weight is 289 g/mol. The Morgan fingerprint density at radius 2 is 2.23 bits per heavy atom. The third-order valence-corrected chi connectivity index (χ3v) is 2.04. The van der Waals surface area contributed by atoms with Gasteiger partial charge in [0.15, 0.2) is 5.82 Å². The fourth-order valence-electron chi connectivity index (χ4n) is 0.951. The van der Waals surface area contributed by atoms with Gasteiger partial charge in [-0.1, -0.05) is 6.07 Å². The van der Waals surface area contributed by atoms with E-state index in [1.807, 2.05) is 0 Å². The summed E-state index contributed by atoms with van der Waals surface area (Å²) in [6.45, 7) is 0. The van der Waals surface area contributed by atoms with Crippen LogP contribution in [0.5, 0.6) is 0 Å². The second kappa shape index (κ2) is 3.41. The predicted molar refractivity (Wildman–Crippen MR) is 54.0 cm³/mol. The van der Waals surface area contributed by atoms with Crippen molar-refractivity contribution < 1.29 is 4.39 Å². The van der Waals surface area contributed by atoms with Gasteiger partial charge in [-0.15, -0.1) is 0 Å². The van der Waals surface area contributed by atoms with Crippen molar-refractivity contribution in [3.8, 4) is 5.82 Å². The number of hydrogen-bond acceptors (Lipinski definition) is 2. The highest BCUT2D eigenvalue weighted by Crippen LogP contribution is 2.07. The summed E-state index contributed by atoms with van der Waals surface area (Å²) in [5.74, 6) is -0.00840. The molecule has 0 saturated carbocycles. The van der Waals surface area contributed by atoms with Gasteiger partial charge in [-0.05, 0) is 34.7 Å². The molecule has 2 aromatic rings. The van der Waals surface area contributed by atoms with Crippen LogP contribution in [0.4, 0.5) is 4.39 Å². The number of hydrogen-bond donors (Lipinski definition) is 0. The topological polar surface area (TPSA) is 30.7 Å². The van der Waals surface area contributed by atoms with Crippen molar-refractivity contribution in [3.63, 3.8) is 0 Å². The molecule has 0 atom stereocenters. The maximum atomic E-state index is 12.7. The molecule has 13 heavy (non-hydrogen) atoms. The number of aromatic nitrogens is 3. The molecule has 0 aliphatic heterocycles. The van der Waals surface area contributed by atoms with Gasteiger partial charge in [0.2, 0.25) is 5.95 Å². The lowest BCUT2D eigenvalue weighted by Gasteiger charge is -1.97. The molecule has 5 heteroatoms. The lowest BCUT2D eigenvalue weighted by atomic mass is 10.4. The zero-order valence-corrected chi connectivity index (χ0v) is 8.64. The summed E-state index contributed by atoms with van der Waals surface area (Å²) in [6.07, 6.45) is 3.47. The zero-order chi connectivity index (χ0) is 9.26. The Labute approximate surface area is 87.7 Å². The molecule has 0 saturated heterocycles. The van der Waals surface area contributed by atoms with Crippen molar-refractivity contribution in [2.45, 2.75) is 0 Å². The molecule has 2 heterocycles. The van der Waals surface area contributed by atoms with Crippen molar-refractivity contribution in [2.24, 2.45) is 0 Å². The molecule has 0 amide bonds. The van der Waals surface area contributed by atoms with Crippen LogP contribution < -0.4 is 0 Å². The van der Waals surface area contributed by atoms with Gasteiger partial charge in [-0.3, -0.25) is 0 Å². The lowest BCUT2D eigenvalue weighted by Crippen LogP contribution is -1.98. The molecule has 0 unspecified atom stereocenters. The Hall–Kier alpha value is -0.980. The van der Waals surface area contributed by atoms with Crippen LogP contribution in [0.1, 0.15) is 0 Å². The molecule has 0 aliphatic carbocycles. The highest BCUT2D eigenvalue weighted by atomic mass is 127. The first kappa shape index (κ1) is 8.61. The fraction of sp³-hybridized carbons (Fsp3) is 0. The Balaban J connectivity index is 2.46. The molecule has 2 aromatic heterocycles. The van der Waals surface area contributed by atoms with Crippen LogP contribution in [-0.4, -0.2) is 14.8 Å². The molecule has 3 nitrogen and oxygen atoms in total. The van der Waals surface area contributed by atoms with Crippen LogP contribution in [0.3, 0.4) is 0 Å². The minimum Gasteiger partial charge on any atom is -0.221 e.